The zero-order chi connectivity index (χ0) is 15.1. The minimum Gasteiger partial charge on any atom is -0.399 e. The molecule has 0 saturated heterocycles. The maximum Gasteiger partial charge on any atom is 0.114 e. The van der Waals surface area contributed by atoms with Crippen LogP contribution in [0.4, 0.5) is 5.69 Å². The number of oxime groups is 1. The standard InChI is InChI=1S/C16H22N4O/c1-3-10-20-11-9-18-16(20)12-15(19-21-4-2)13-5-7-14(17)8-6-13/h5-9,11H,3-4,10,12,17H2,1-2H3. The fourth-order valence-electron chi connectivity index (χ4n) is 2.11. The average molecular weight is 286 g/mol. The number of anilines is 1. The predicted octanol–water partition coefficient (Wildman–Crippen LogP) is 2.86. The number of aromatic nitrogens is 2. The molecule has 0 spiro atoms. The summed E-state index contributed by atoms with van der Waals surface area (Å²) in [7, 11) is 0. The highest BCUT2D eigenvalue weighted by Crippen LogP contribution is 2.11. The van der Waals surface area contributed by atoms with Crippen molar-refractivity contribution in [2.45, 2.75) is 33.2 Å². The normalized spacial score (nSPS) is 11.6. The van der Waals surface area contributed by atoms with Gasteiger partial charge in [-0.25, -0.2) is 4.98 Å². The Balaban J connectivity index is 2.24. The predicted molar refractivity (Wildman–Crippen MR) is 85.2 cm³/mol. The smallest absolute Gasteiger partial charge is 0.114 e. The van der Waals surface area contributed by atoms with Gasteiger partial charge >= 0.3 is 0 Å². The molecular formula is C16H22N4O. The number of aryl methyl sites for hydroxylation is 1. The number of rotatable bonds is 7. The van der Waals surface area contributed by atoms with E-state index in [4.69, 9.17) is 10.6 Å². The Morgan fingerprint density at radius 1 is 1.29 bits per heavy atom. The van der Waals surface area contributed by atoms with Gasteiger partial charge in [-0.1, -0.05) is 24.2 Å². The maximum absolute atomic E-state index is 5.74. The molecule has 112 valence electrons. The monoisotopic (exact) mass is 286 g/mol. The van der Waals surface area contributed by atoms with Gasteiger partial charge in [0.15, 0.2) is 0 Å². The molecule has 2 N–H and O–H groups in total. The summed E-state index contributed by atoms with van der Waals surface area (Å²) in [6.45, 7) is 5.57. The van der Waals surface area contributed by atoms with Gasteiger partial charge in [-0.05, 0) is 31.0 Å². The molecule has 1 heterocycles. The van der Waals surface area contributed by atoms with Crippen molar-refractivity contribution in [2.24, 2.45) is 5.16 Å². The molecule has 5 nitrogen and oxygen atoms in total. The van der Waals surface area contributed by atoms with Crippen LogP contribution < -0.4 is 5.73 Å². The van der Waals surface area contributed by atoms with E-state index in [9.17, 15) is 0 Å². The van der Waals surface area contributed by atoms with Gasteiger partial charge in [-0.3, -0.25) is 0 Å². The molecule has 0 unspecified atom stereocenters. The van der Waals surface area contributed by atoms with Gasteiger partial charge in [-0.2, -0.15) is 0 Å². The minimum atomic E-state index is 0.544. The zero-order valence-corrected chi connectivity index (χ0v) is 12.6. The molecule has 0 radical (unpaired) electrons. The molecule has 0 amide bonds. The van der Waals surface area contributed by atoms with Gasteiger partial charge < -0.3 is 15.1 Å². The van der Waals surface area contributed by atoms with Gasteiger partial charge in [0.1, 0.15) is 12.4 Å². The van der Waals surface area contributed by atoms with Crippen molar-refractivity contribution in [2.75, 3.05) is 12.3 Å². The average Bonchev–Trinajstić information content (AvgIpc) is 2.92. The van der Waals surface area contributed by atoms with E-state index in [1.165, 1.54) is 0 Å². The lowest BCUT2D eigenvalue weighted by Gasteiger charge is -2.09. The van der Waals surface area contributed by atoms with Crippen molar-refractivity contribution in [3.05, 3.63) is 48.0 Å². The highest BCUT2D eigenvalue weighted by molar-refractivity contribution is 6.01. The topological polar surface area (TPSA) is 65.4 Å². The number of benzene rings is 1. The van der Waals surface area contributed by atoms with Crippen LogP contribution in [0.1, 0.15) is 31.7 Å². The first-order valence-electron chi connectivity index (χ1n) is 7.29. The molecule has 2 aromatic rings. The highest BCUT2D eigenvalue weighted by atomic mass is 16.6. The Labute approximate surface area is 125 Å². The molecule has 0 fully saturated rings. The Kier molecular flexibility index (Phi) is 5.37. The largest absolute Gasteiger partial charge is 0.399 e. The van der Waals surface area contributed by atoms with Crippen LogP contribution in [0.2, 0.25) is 0 Å². The minimum absolute atomic E-state index is 0.544. The van der Waals surface area contributed by atoms with E-state index in [2.05, 4.69) is 21.6 Å². The molecule has 1 aromatic heterocycles. The van der Waals surface area contributed by atoms with Crippen LogP contribution in [0.3, 0.4) is 0 Å². The molecule has 0 aliphatic rings. The van der Waals surface area contributed by atoms with Crippen molar-refractivity contribution >= 4 is 11.4 Å². The lowest BCUT2D eigenvalue weighted by Crippen LogP contribution is -2.12. The van der Waals surface area contributed by atoms with Crippen LogP contribution in [-0.2, 0) is 17.8 Å². The van der Waals surface area contributed by atoms with E-state index in [0.29, 0.717) is 13.0 Å². The molecule has 0 bridgehead atoms. The molecule has 21 heavy (non-hydrogen) atoms. The number of hydrogen-bond acceptors (Lipinski definition) is 4. The van der Waals surface area contributed by atoms with E-state index >= 15 is 0 Å². The second-order valence-corrected chi connectivity index (χ2v) is 4.79. The van der Waals surface area contributed by atoms with E-state index in [1.54, 1.807) is 0 Å². The first kappa shape index (κ1) is 15.1. The summed E-state index contributed by atoms with van der Waals surface area (Å²) in [4.78, 5) is 9.68. The van der Waals surface area contributed by atoms with E-state index in [1.807, 2.05) is 43.6 Å². The summed E-state index contributed by atoms with van der Waals surface area (Å²) in [6, 6.07) is 7.66. The van der Waals surface area contributed by atoms with Crippen LogP contribution in [0.5, 0.6) is 0 Å². The molecule has 0 saturated carbocycles. The number of nitrogen functional groups attached to an aromatic ring is 1. The Morgan fingerprint density at radius 3 is 2.71 bits per heavy atom. The Bertz CT molecular complexity index is 587. The fraction of sp³-hybridized carbons (Fsp3) is 0.375. The Morgan fingerprint density at radius 2 is 2.05 bits per heavy atom. The molecule has 0 aliphatic carbocycles. The number of nitrogens with zero attached hydrogens (tertiary/aromatic N) is 3. The summed E-state index contributed by atoms with van der Waals surface area (Å²) in [5.41, 5.74) is 8.34. The van der Waals surface area contributed by atoms with Crippen molar-refractivity contribution in [3.63, 3.8) is 0 Å². The second kappa shape index (κ2) is 7.47. The van der Waals surface area contributed by atoms with Crippen LogP contribution in [0.25, 0.3) is 0 Å². The van der Waals surface area contributed by atoms with E-state index in [-0.39, 0.29) is 0 Å². The second-order valence-electron chi connectivity index (χ2n) is 4.79. The van der Waals surface area contributed by atoms with Gasteiger partial charge in [0, 0.05) is 24.6 Å². The fourth-order valence-corrected chi connectivity index (χ4v) is 2.11. The third-order valence-corrected chi connectivity index (χ3v) is 3.14. The van der Waals surface area contributed by atoms with Crippen LogP contribution in [0, 0.1) is 0 Å². The summed E-state index contributed by atoms with van der Waals surface area (Å²) >= 11 is 0. The van der Waals surface area contributed by atoms with Crippen molar-refractivity contribution < 1.29 is 4.84 Å². The van der Waals surface area contributed by atoms with Crippen LogP contribution in [-0.4, -0.2) is 21.9 Å². The van der Waals surface area contributed by atoms with Crippen LogP contribution in [0.15, 0.2) is 41.8 Å². The number of nitrogens with two attached hydrogens (primary N) is 1. The summed E-state index contributed by atoms with van der Waals surface area (Å²) in [5.74, 6) is 0.993. The third-order valence-electron chi connectivity index (χ3n) is 3.14. The van der Waals surface area contributed by atoms with Crippen molar-refractivity contribution in [1.82, 2.24) is 9.55 Å². The summed E-state index contributed by atoms with van der Waals surface area (Å²) in [5, 5.41) is 4.24. The van der Waals surface area contributed by atoms with Gasteiger partial charge in [-0.15, -0.1) is 0 Å². The molecule has 2 rings (SSSR count). The quantitative estimate of drug-likeness (QED) is 0.483. The Hall–Kier alpha value is -2.30. The highest BCUT2D eigenvalue weighted by Gasteiger charge is 2.10. The van der Waals surface area contributed by atoms with Crippen molar-refractivity contribution in [1.29, 1.82) is 0 Å². The first-order chi connectivity index (χ1) is 10.2. The number of imidazole rings is 1. The van der Waals surface area contributed by atoms with E-state index in [0.717, 1.165) is 35.8 Å². The lowest BCUT2D eigenvalue weighted by molar-refractivity contribution is 0.158. The molecule has 5 heteroatoms. The van der Waals surface area contributed by atoms with Gasteiger partial charge in [0.25, 0.3) is 0 Å². The molecule has 1 aromatic carbocycles. The molecular weight excluding hydrogens is 264 g/mol. The molecule has 0 atom stereocenters. The molecule has 0 aliphatic heterocycles. The SMILES string of the molecule is CCCn1ccnc1CC(=NOCC)c1ccc(N)cc1. The maximum atomic E-state index is 5.74. The van der Waals surface area contributed by atoms with Gasteiger partial charge in [0.05, 0.1) is 12.1 Å². The summed E-state index contributed by atoms with van der Waals surface area (Å²) in [6.07, 6.45) is 5.53. The third kappa shape index (κ3) is 4.08. The first-order valence-corrected chi connectivity index (χ1v) is 7.29. The number of hydrogen-bond donors (Lipinski definition) is 1. The zero-order valence-electron chi connectivity index (χ0n) is 12.6. The van der Waals surface area contributed by atoms with E-state index < -0.39 is 0 Å². The lowest BCUT2D eigenvalue weighted by atomic mass is 10.1. The van der Waals surface area contributed by atoms with Gasteiger partial charge in [0.2, 0.25) is 0 Å². The summed E-state index contributed by atoms with van der Waals surface area (Å²) < 4.78 is 2.15. The van der Waals surface area contributed by atoms with Crippen LogP contribution >= 0.6 is 0 Å². The van der Waals surface area contributed by atoms with Crippen molar-refractivity contribution in [3.8, 4) is 0 Å².